The maximum Gasteiger partial charge on any atom is 0.251 e. The van der Waals surface area contributed by atoms with Gasteiger partial charge in [0, 0.05) is 24.4 Å². The van der Waals surface area contributed by atoms with E-state index < -0.39 is 0 Å². The molecule has 3 N–H and O–H groups in total. The molecule has 0 aromatic heterocycles. The van der Waals surface area contributed by atoms with Gasteiger partial charge in [0.25, 0.3) is 5.91 Å². The molecule has 0 aliphatic heterocycles. The third kappa shape index (κ3) is 5.58. The van der Waals surface area contributed by atoms with Gasteiger partial charge in [-0.15, -0.1) is 12.4 Å². The monoisotopic (exact) mass is 334 g/mol. The van der Waals surface area contributed by atoms with Crippen LogP contribution in [0.15, 0.2) is 42.5 Å². The highest BCUT2D eigenvalue weighted by atomic mass is 35.5. The number of rotatable bonds is 6. The quantitative estimate of drug-likeness (QED) is 0.795. The molecule has 2 rings (SSSR count). The number of nitrogen functional groups attached to an aromatic ring is 1. The smallest absolute Gasteiger partial charge is 0.251 e. The van der Waals surface area contributed by atoms with E-state index in [9.17, 15) is 4.79 Å². The lowest BCUT2D eigenvalue weighted by Gasteiger charge is -2.09. The fourth-order valence-electron chi connectivity index (χ4n) is 2.14. The summed E-state index contributed by atoms with van der Waals surface area (Å²) >= 11 is 0. The molecule has 0 bridgehead atoms. The number of hydrogen-bond donors (Lipinski definition) is 2. The van der Waals surface area contributed by atoms with Crippen molar-refractivity contribution in [2.75, 3.05) is 12.3 Å². The van der Waals surface area contributed by atoms with Crippen LogP contribution < -0.4 is 11.1 Å². The van der Waals surface area contributed by atoms with Gasteiger partial charge in [-0.1, -0.05) is 30.3 Å². The zero-order valence-electron chi connectivity index (χ0n) is 13.5. The summed E-state index contributed by atoms with van der Waals surface area (Å²) in [6.07, 6.45) is 0. The van der Waals surface area contributed by atoms with Crippen LogP contribution >= 0.6 is 12.4 Å². The molecule has 0 heterocycles. The van der Waals surface area contributed by atoms with Crippen molar-refractivity contribution in [3.63, 3.8) is 0 Å². The summed E-state index contributed by atoms with van der Waals surface area (Å²) in [7, 11) is 0. The van der Waals surface area contributed by atoms with Crippen LogP contribution in [0.2, 0.25) is 0 Å². The molecule has 2 aromatic carbocycles. The van der Waals surface area contributed by atoms with Crippen LogP contribution in [0.25, 0.3) is 0 Å². The first-order valence-electron chi connectivity index (χ1n) is 7.40. The fraction of sp³-hybridized carbons (Fsp3) is 0.278. The number of nitrogens with one attached hydrogen (secondary N) is 1. The fourth-order valence-corrected chi connectivity index (χ4v) is 2.14. The molecule has 0 radical (unpaired) electrons. The Morgan fingerprint density at radius 2 is 1.78 bits per heavy atom. The minimum atomic E-state index is -0.108. The van der Waals surface area contributed by atoms with Gasteiger partial charge in [0.1, 0.15) is 0 Å². The van der Waals surface area contributed by atoms with Crippen molar-refractivity contribution in [1.82, 2.24) is 5.32 Å². The largest absolute Gasteiger partial charge is 0.399 e. The Morgan fingerprint density at radius 1 is 1.13 bits per heavy atom. The summed E-state index contributed by atoms with van der Waals surface area (Å²) in [6.45, 7) is 5.68. The number of carbonyl (C=O) groups excluding carboxylic acids is 1. The molecule has 0 spiro atoms. The Hall–Kier alpha value is -2.04. The van der Waals surface area contributed by atoms with Crippen LogP contribution in [0, 0.1) is 6.92 Å². The molecule has 124 valence electrons. The second-order valence-electron chi connectivity index (χ2n) is 5.21. The van der Waals surface area contributed by atoms with Crippen LogP contribution in [0.3, 0.4) is 0 Å². The maximum absolute atomic E-state index is 12.2. The molecule has 1 amide bonds. The minimum absolute atomic E-state index is 0. The normalized spacial score (nSPS) is 10.0. The zero-order chi connectivity index (χ0) is 15.9. The van der Waals surface area contributed by atoms with E-state index in [0.717, 1.165) is 16.7 Å². The second-order valence-corrected chi connectivity index (χ2v) is 5.21. The van der Waals surface area contributed by atoms with Crippen molar-refractivity contribution in [2.24, 2.45) is 0 Å². The highest BCUT2D eigenvalue weighted by Crippen LogP contribution is 2.13. The summed E-state index contributed by atoms with van der Waals surface area (Å²) in [4.78, 5) is 12.2. The third-order valence-corrected chi connectivity index (χ3v) is 3.46. The highest BCUT2D eigenvalue weighted by molar-refractivity contribution is 5.96. The number of carbonyl (C=O) groups is 1. The molecule has 0 aliphatic carbocycles. The average molecular weight is 335 g/mol. The highest BCUT2D eigenvalue weighted by Gasteiger charge is 2.09. The SMILES string of the molecule is CCOCc1ccc(CNC(=O)c2cc(N)ccc2C)cc1.Cl. The van der Waals surface area contributed by atoms with Crippen LogP contribution in [-0.4, -0.2) is 12.5 Å². The molecule has 2 aromatic rings. The van der Waals surface area contributed by atoms with Crippen LogP contribution in [0.4, 0.5) is 5.69 Å². The number of aryl methyl sites for hydroxylation is 1. The third-order valence-electron chi connectivity index (χ3n) is 3.46. The van der Waals surface area contributed by atoms with E-state index in [4.69, 9.17) is 10.5 Å². The number of anilines is 1. The number of hydrogen-bond acceptors (Lipinski definition) is 3. The molecule has 23 heavy (non-hydrogen) atoms. The molecule has 0 unspecified atom stereocenters. The van der Waals surface area contributed by atoms with Gasteiger partial charge in [-0.2, -0.15) is 0 Å². The number of halogens is 1. The lowest BCUT2D eigenvalue weighted by atomic mass is 10.1. The number of amides is 1. The van der Waals surface area contributed by atoms with E-state index in [1.165, 1.54) is 0 Å². The Balaban J connectivity index is 0.00000264. The summed E-state index contributed by atoms with van der Waals surface area (Å²) in [5.41, 5.74) is 10.0. The van der Waals surface area contributed by atoms with Crippen molar-refractivity contribution in [3.8, 4) is 0 Å². The molecule has 4 nitrogen and oxygen atoms in total. The van der Waals surface area contributed by atoms with E-state index in [-0.39, 0.29) is 18.3 Å². The summed E-state index contributed by atoms with van der Waals surface area (Å²) in [6, 6.07) is 13.4. The van der Waals surface area contributed by atoms with Gasteiger partial charge in [0.05, 0.1) is 6.61 Å². The summed E-state index contributed by atoms with van der Waals surface area (Å²) < 4.78 is 5.36. The second kappa shape index (κ2) is 9.18. The van der Waals surface area contributed by atoms with Gasteiger partial charge in [0.2, 0.25) is 0 Å². The van der Waals surface area contributed by atoms with Gasteiger partial charge in [0.15, 0.2) is 0 Å². The molecule has 0 fully saturated rings. The molecule has 5 heteroatoms. The van der Waals surface area contributed by atoms with Crippen molar-refractivity contribution in [1.29, 1.82) is 0 Å². The minimum Gasteiger partial charge on any atom is -0.399 e. The topological polar surface area (TPSA) is 64.3 Å². The van der Waals surface area contributed by atoms with E-state index in [2.05, 4.69) is 5.32 Å². The first-order valence-corrected chi connectivity index (χ1v) is 7.40. The predicted octanol–water partition coefficient (Wildman–Crippen LogP) is 3.47. The molecule has 0 saturated carbocycles. The molecule has 0 saturated heterocycles. The molecule has 0 atom stereocenters. The van der Waals surface area contributed by atoms with Crippen molar-refractivity contribution >= 4 is 24.0 Å². The first-order chi connectivity index (χ1) is 10.6. The molecular formula is C18H23ClN2O2. The summed E-state index contributed by atoms with van der Waals surface area (Å²) in [5, 5.41) is 2.92. The van der Waals surface area contributed by atoms with Crippen LogP contribution in [-0.2, 0) is 17.9 Å². The number of ether oxygens (including phenoxy) is 1. The van der Waals surface area contributed by atoms with Crippen LogP contribution in [0.5, 0.6) is 0 Å². The molecule has 0 aliphatic rings. The Kier molecular flexibility index (Phi) is 7.59. The predicted molar refractivity (Wildman–Crippen MR) is 95.8 cm³/mol. The van der Waals surface area contributed by atoms with Gasteiger partial charge < -0.3 is 15.8 Å². The standard InChI is InChI=1S/C18H22N2O2.ClH/c1-3-22-12-15-7-5-14(6-8-15)11-20-18(21)17-10-16(19)9-4-13(17)2;/h4-10H,3,11-12,19H2,1-2H3,(H,20,21);1H. The Morgan fingerprint density at radius 3 is 2.43 bits per heavy atom. The van der Waals surface area contributed by atoms with Crippen molar-refractivity contribution in [3.05, 3.63) is 64.7 Å². The first kappa shape index (κ1) is 19.0. The lowest BCUT2D eigenvalue weighted by Crippen LogP contribution is -2.23. The Labute approximate surface area is 143 Å². The number of benzene rings is 2. The van der Waals surface area contributed by atoms with Gasteiger partial charge in [-0.3, -0.25) is 4.79 Å². The van der Waals surface area contributed by atoms with Gasteiger partial charge in [-0.05, 0) is 42.7 Å². The van der Waals surface area contributed by atoms with Gasteiger partial charge >= 0.3 is 0 Å². The average Bonchev–Trinajstić information content (AvgIpc) is 2.54. The van der Waals surface area contributed by atoms with E-state index in [1.807, 2.05) is 44.2 Å². The van der Waals surface area contributed by atoms with Gasteiger partial charge in [-0.25, -0.2) is 0 Å². The van der Waals surface area contributed by atoms with Crippen molar-refractivity contribution in [2.45, 2.75) is 27.0 Å². The lowest BCUT2D eigenvalue weighted by molar-refractivity contribution is 0.0950. The van der Waals surface area contributed by atoms with Crippen LogP contribution in [0.1, 0.15) is 34.0 Å². The Bertz CT molecular complexity index is 642. The van der Waals surface area contributed by atoms with E-state index in [1.54, 1.807) is 12.1 Å². The van der Waals surface area contributed by atoms with Crippen molar-refractivity contribution < 1.29 is 9.53 Å². The maximum atomic E-state index is 12.2. The van der Waals surface area contributed by atoms with E-state index in [0.29, 0.717) is 31.0 Å². The zero-order valence-corrected chi connectivity index (χ0v) is 14.3. The number of nitrogens with two attached hydrogens (primary N) is 1. The molecular weight excluding hydrogens is 312 g/mol. The summed E-state index contributed by atoms with van der Waals surface area (Å²) in [5.74, 6) is -0.108. The van der Waals surface area contributed by atoms with E-state index >= 15 is 0 Å².